The molecule has 3 aromatic rings. The number of hydrogen-bond acceptors (Lipinski definition) is 6. The van der Waals surface area contributed by atoms with E-state index in [4.69, 9.17) is 13.9 Å². The molecule has 1 saturated heterocycles. The van der Waals surface area contributed by atoms with Crippen molar-refractivity contribution in [2.45, 2.75) is 32.4 Å². The molecule has 2 aromatic carbocycles. The first kappa shape index (κ1) is 20.6. The summed E-state index contributed by atoms with van der Waals surface area (Å²) in [5.74, 6) is 2.66. The van der Waals surface area contributed by atoms with Crippen molar-refractivity contribution >= 4 is 0 Å². The summed E-state index contributed by atoms with van der Waals surface area (Å²) in [5, 5.41) is 8.65. The Kier molecular flexibility index (Phi) is 6.45. The highest BCUT2D eigenvalue weighted by molar-refractivity contribution is 5.51. The lowest BCUT2D eigenvalue weighted by Crippen LogP contribution is -2.21. The zero-order valence-corrected chi connectivity index (χ0v) is 17.8. The Morgan fingerprint density at radius 1 is 1.03 bits per heavy atom. The fourth-order valence-electron chi connectivity index (χ4n) is 4.04. The molecule has 0 amide bonds. The molecule has 30 heavy (non-hydrogen) atoms. The van der Waals surface area contributed by atoms with Gasteiger partial charge in [-0.15, -0.1) is 10.2 Å². The Morgan fingerprint density at radius 3 is 2.50 bits per heavy atom. The number of methoxy groups -OCH3 is 1. The van der Waals surface area contributed by atoms with Crippen LogP contribution >= 0.6 is 0 Å². The molecule has 158 valence electrons. The van der Waals surface area contributed by atoms with Gasteiger partial charge in [0, 0.05) is 38.2 Å². The van der Waals surface area contributed by atoms with Crippen molar-refractivity contribution in [1.29, 1.82) is 0 Å². The van der Waals surface area contributed by atoms with Gasteiger partial charge in [-0.2, -0.15) is 0 Å². The Morgan fingerprint density at radius 2 is 1.80 bits per heavy atom. The number of ether oxygens (including phenoxy) is 2. The number of aromatic nitrogens is 2. The second-order valence-corrected chi connectivity index (χ2v) is 8.14. The quantitative estimate of drug-likeness (QED) is 0.552. The van der Waals surface area contributed by atoms with Gasteiger partial charge in [-0.05, 0) is 43.7 Å². The molecular weight excluding hydrogens is 378 g/mol. The Hall–Kier alpha value is -2.70. The van der Waals surface area contributed by atoms with Gasteiger partial charge in [0.1, 0.15) is 5.75 Å². The van der Waals surface area contributed by atoms with E-state index in [9.17, 15) is 0 Å². The minimum absolute atomic E-state index is 0.165. The zero-order valence-electron chi connectivity index (χ0n) is 17.8. The van der Waals surface area contributed by atoms with Crippen molar-refractivity contribution in [3.05, 3.63) is 66.1 Å². The minimum Gasteiger partial charge on any atom is -0.491 e. The summed E-state index contributed by atoms with van der Waals surface area (Å²) in [6, 6.07) is 18.2. The molecule has 1 aliphatic rings. The van der Waals surface area contributed by atoms with Crippen molar-refractivity contribution in [2.75, 3.05) is 26.8 Å². The zero-order chi connectivity index (χ0) is 20.9. The molecule has 4 rings (SSSR count). The third kappa shape index (κ3) is 4.89. The van der Waals surface area contributed by atoms with Crippen LogP contribution in [-0.4, -0.2) is 48.0 Å². The monoisotopic (exact) mass is 407 g/mol. The minimum atomic E-state index is 0.165. The maximum Gasteiger partial charge on any atom is 0.247 e. The van der Waals surface area contributed by atoms with E-state index >= 15 is 0 Å². The highest BCUT2D eigenvalue weighted by Gasteiger charge is 2.37. The van der Waals surface area contributed by atoms with Crippen LogP contribution < -0.4 is 4.74 Å². The lowest BCUT2D eigenvalue weighted by molar-refractivity contribution is 0.144. The van der Waals surface area contributed by atoms with Gasteiger partial charge in [0.05, 0.1) is 18.6 Å². The molecule has 1 aromatic heterocycles. The molecule has 2 heterocycles. The van der Waals surface area contributed by atoms with Crippen LogP contribution in [0.3, 0.4) is 0 Å². The van der Waals surface area contributed by atoms with Gasteiger partial charge in [0.15, 0.2) is 0 Å². The van der Waals surface area contributed by atoms with Crippen LogP contribution in [0.2, 0.25) is 0 Å². The van der Waals surface area contributed by atoms with Crippen LogP contribution in [0.4, 0.5) is 0 Å². The van der Waals surface area contributed by atoms with Crippen LogP contribution in [0.1, 0.15) is 31.2 Å². The molecule has 0 unspecified atom stereocenters. The lowest BCUT2D eigenvalue weighted by atomic mass is 9.97. The summed E-state index contributed by atoms with van der Waals surface area (Å²) in [6.45, 7) is 7.42. The van der Waals surface area contributed by atoms with Crippen LogP contribution in [0.25, 0.3) is 11.5 Å². The molecule has 0 saturated carbocycles. The average Bonchev–Trinajstić information content (AvgIpc) is 3.37. The molecule has 0 spiro atoms. The number of benzene rings is 2. The van der Waals surface area contributed by atoms with E-state index in [1.807, 2.05) is 56.3 Å². The molecule has 0 aliphatic carbocycles. The average molecular weight is 408 g/mol. The molecule has 0 radical (unpaired) electrons. The van der Waals surface area contributed by atoms with Gasteiger partial charge in [0.25, 0.3) is 0 Å². The Labute approximate surface area is 177 Å². The largest absolute Gasteiger partial charge is 0.491 e. The summed E-state index contributed by atoms with van der Waals surface area (Å²) in [7, 11) is 1.75. The molecule has 1 fully saturated rings. The van der Waals surface area contributed by atoms with E-state index in [1.165, 1.54) is 5.56 Å². The molecule has 2 atom stereocenters. The van der Waals surface area contributed by atoms with Gasteiger partial charge in [0.2, 0.25) is 11.8 Å². The fraction of sp³-hybridized carbons (Fsp3) is 0.417. The molecule has 0 N–H and O–H groups in total. The fourth-order valence-corrected chi connectivity index (χ4v) is 4.04. The van der Waals surface area contributed by atoms with E-state index in [0.717, 1.165) is 30.9 Å². The van der Waals surface area contributed by atoms with Gasteiger partial charge in [-0.1, -0.05) is 30.3 Å². The number of likely N-dealkylation sites (tertiary alicyclic amines) is 1. The molecule has 6 nitrogen and oxygen atoms in total. The van der Waals surface area contributed by atoms with Crippen LogP contribution in [0, 0.1) is 5.92 Å². The Bertz CT molecular complexity index is 924. The summed E-state index contributed by atoms with van der Waals surface area (Å²) in [5.41, 5.74) is 2.21. The van der Waals surface area contributed by atoms with E-state index < -0.39 is 0 Å². The van der Waals surface area contributed by atoms with Crippen LogP contribution in [0.5, 0.6) is 5.75 Å². The Balaban J connectivity index is 1.45. The van der Waals surface area contributed by atoms with Crippen molar-refractivity contribution in [1.82, 2.24) is 15.1 Å². The van der Waals surface area contributed by atoms with E-state index in [0.29, 0.717) is 24.3 Å². The van der Waals surface area contributed by atoms with E-state index in [-0.39, 0.29) is 12.0 Å². The number of hydrogen-bond donors (Lipinski definition) is 0. The molecular formula is C24H29N3O3. The molecule has 6 heteroatoms. The smallest absolute Gasteiger partial charge is 0.247 e. The first-order valence-corrected chi connectivity index (χ1v) is 10.5. The van der Waals surface area contributed by atoms with Gasteiger partial charge in [-0.25, -0.2) is 0 Å². The number of nitrogens with zero attached hydrogens (tertiary/aromatic N) is 3. The normalized spacial score (nSPS) is 19.5. The molecule has 1 aliphatic heterocycles. The summed E-state index contributed by atoms with van der Waals surface area (Å²) in [4.78, 5) is 2.43. The summed E-state index contributed by atoms with van der Waals surface area (Å²) < 4.78 is 17.3. The molecule has 0 bridgehead atoms. The maximum atomic E-state index is 6.06. The third-order valence-corrected chi connectivity index (χ3v) is 5.38. The van der Waals surface area contributed by atoms with Crippen LogP contribution in [0.15, 0.2) is 59.0 Å². The van der Waals surface area contributed by atoms with Gasteiger partial charge < -0.3 is 13.9 Å². The van der Waals surface area contributed by atoms with Crippen molar-refractivity contribution in [3.8, 4) is 17.2 Å². The van der Waals surface area contributed by atoms with Crippen molar-refractivity contribution in [3.63, 3.8) is 0 Å². The SMILES string of the molecule is COC[C@@H]1CN(Cc2ccc(OC(C)C)cc2)C[C@H]1c1nnc(-c2ccccc2)o1. The van der Waals surface area contributed by atoms with Gasteiger partial charge >= 0.3 is 0 Å². The first-order chi connectivity index (χ1) is 14.6. The van der Waals surface area contributed by atoms with Crippen molar-refractivity contribution in [2.24, 2.45) is 5.92 Å². The highest BCUT2D eigenvalue weighted by atomic mass is 16.5. The number of rotatable bonds is 8. The van der Waals surface area contributed by atoms with E-state index in [1.54, 1.807) is 7.11 Å². The standard InChI is InChI=1S/C24H29N3O3/c1-17(2)29-21-11-9-18(10-12-21)13-27-14-20(16-28-3)22(15-27)24-26-25-23(30-24)19-7-5-4-6-8-19/h4-12,17,20,22H,13-16H2,1-3H3/t20-,22+/m0/s1. The predicted molar refractivity (Wildman–Crippen MR) is 115 cm³/mol. The predicted octanol–water partition coefficient (Wildman–Crippen LogP) is 4.39. The lowest BCUT2D eigenvalue weighted by Gasteiger charge is -2.16. The van der Waals surface area contributed by atoms with Crippen molar-refractivity contribution < 1.29 is 13.9 Å². The van der Waals surface area contributed by atoms with Crippen LogP contribution in [-0.2, 0) is 11.3 Å². The third-order valence-electron chi connectivity index (χ3n) is 5.38. The first-order valence-electron chi connectivity index (χ1n) is 10.5. The second-order valence-electron chi connectivity index (χ2n) is 8.14. The summed E-state index contributed by atoms with van der Waals surface area (Å²) in [6.07, 6.45) is 0.181. The van der Waals surface area contributed by atoms with Gasteiger partial charge in [-0.3, -0.25) is 4.90 Å². The highest BCUT2D eigenvalue weighted by Crippen LogP contribution is 2.34. The maximum absolute atomic E-state index is 6.06. The van der Waals surface area contributed by atoms with E-state index in [2.05, 4.69) is 27.2 Å². The second kappa shape index (κ2) is 9.41. The summed E-state index contributed by atoms with van der Waals surface area (Å²) >= 11 is 0. The topological polar surface area (TPSA) is 60.6 Å².